The van der Waals surface area contributed by atoms with E-state index in [1.807, 2.05) is 0 Å². The number of methoxy groups -OCH3 is 1. The van der Waals surface area contributed by atoms with Gasteiger partial charge in [0.25, 0.3) is 5.69 Å². The van der Waals surface area contributed by atoms with E-state index in [1.54, 1.807) is 0 Å². The third kappa shape index (κ3) is 2.14. The summed E-state index contributed by atoms with van der Waals surface area (Å²) in [5.74, 6) is -2.46. The molecule has 0 atom stereocenters. The van der Waals surface area contributed by atoms with Gasteiger partial charge in [0.1, 0.15) is 5.56 Å². The fourth-order valence-electron chi connectivity index (χ4n) is 1.09. The Kier molecular flexibility index (Phi) is 3.19. The Hall–Kier alpha value is -2.44. The van der Waals surface area contributed by atoms with E-state index in [9.17, 15) is 24.8 Å². The lowest BCUT2D eigenvalue weighted by Crippen LogP contribution is -2.22. The van der Waals surface area contributed by atoms with Gasteiger partial charge >= 0.3 is 5.97 Å². The second-order valence-corrected chi connectivity index (χ2v) is 2.77. The molecule has 7 heteroatoms. The topological polar surface area (TPSA) is 110 Å². The van der Waals surface area contributed by atoms with E-state index in [2.05, 4.69) is 4.74 Å². The Morgan fingerprint density at radius 1 is 1.38 bits per heavy atom. The summed E-state index contributed by atoms with van der Waals surface area (Å²) in [6.07, 6.45) is 0. The molecular formula is C9H6NO6-. The lowest BCUT2D eigenvalue weighted by Gasteiger charge is -2.04. The van der Waals surface area contributed by atoms with Gasteiger partial charge < -0.3 is 14.6 Å². The van der Waals surface area contributed by atoms with Crippen LogP contribution in [0.15, 0.2) is 18.2 Å². The molecule has 0 aliphatic rings. The average Bonchev–Trinajstić information content (AvgIpc) is 2.26. The third-order valence-electron chi connectivity index (χ3n) is 1.84. The minimum absolute atomic E-state index is 0.308. The van der Waals surface area contributed by atoms with Crippen LogP contribution in [0, 0.1) is 10.1 Å². The number of aromatic carboxylic acids is 1. The zero-order chi connectivity index (χ0) is 12.3. The van der Waals surface area contributed by atoms with Crippen LogP contribution < -0.4 is 5.11 Å². The van der Waals surface area contributed by atoms with Crippen LogP contribution in [0.5, 0.6) is 0 Å². The number of benzene rings is 1. The van der Waals surface area contributed by atoms with Gasteiger partial charge in [0, 0.05) is 11.6 Å². The van der Waals surface area contributed by atoms with Gasteiger partial charge in [0.2, 0.25) is 0 Å². The number of nitrogens with zero attached hydrogens (tertiary/aromatic N) is 1. The molecule has 0 radical (unpaired) electrons. The maximum Gasteiger partial charge on any atom is 0.344 e. The number of carbonyl (C=O) groups is 2. The molecule has 1 aromatic rings. The SMILES string of the molecule is COC(=O)c1ccc(C(=O)[O-])cc1[N+](=O)[O-]. The first kappa shape index (κ1) is 11.6. The smallest absolute Gasteiger partial charge is 0.344 e. The van der Waals surface area contributed by atoms with E-state index in [-0.39, 0.29) is 11.1 Å². The summed E-state index contributed by atoms with van der Waals surface area (Å²) in [6.45, 7) is 0. The van der Waals surface area contributed by atoms with Crippen molar-refractivity contribution in [1.29, 1.82) is 0 Å². The molecule has 16 heavy (non-hydrogen) atoms. The van der Waals surface area contributed by atoms with Crippen LogP contribution in [0.2, 0.25) is 0 Å². The molecule has 0 aliphatic heterocycles. The first-order valence-corrected chi connectivity index (χ1v) is 4.05. The molecule has 0 heterocycles. The van der Waals surface area contributed by atoms with Crippen molar-refractivity contribution in [3.63, 3.8) is 0 Å². The Morgan fingerprint density at radius 2 is 2.00 bits per heavy atom. The quantitative estimate of drug-likeness (QED) is 0.397. The maximum absolute atomic E-state index is 11.1. The normalized spacial score (nSPS) is 9.56. The van der Waals surface area contributed by atoms with E-state index in [0.29, 0.717) is 0 Å². The van der Waals surface area contributed by atoms with Crippen LogP contribution >= 0.6 is 0 Å². The number of rotatable bonds is 3. The summed E-state index contributed by atoms with van der Waals surface area (Å²) in [6, 6.07) is 2.80. The average molecular weight is 224 g/mol. The van der Waals surface area contributed by atoms with Gasteiger partial charge in [0.05, 0.1) is 18.0 Å². The molecule has 0 unspecified atom stereocenters. The molecule has 1 rings (SSSR count). The number of hydrogen-bond donors (Lipinski definition) is 0. The molecule has 0 N–H and O–H groups in total. The molecule has 0 amide bonds. The second kappa shape index (κ2) is 4.39. The molecule has 1 aromatic carbocycles. The first-order valence-electron chi connectivity index (χ1n) is 4.05. The van der Waals surface area contributed by atoms with E-state index in [1.165, 1.54) is 0 Å². The predicted octanol–water partition coefficient (Wildman–Crippen LogP) is -0.255. The summed E-state index contributed by atoms with van der Waals surface area (Å²) in [5.41, 5.74) is -1.31. The molecular weight excluding hydrogens is 218 g/mol. The van der Waals surface area contributed by atoms with Gasteiger partial charge in [-0.05, 0) is 6.07 Å². The highest BCUT2D eigenvalue weighted by Gasteiger charge is 2.21. The zero-order valence-electron chi connectivity index (χ0n) is 8.13. The fourth-order valence-corrected chi connectivity index (χ4v) is 1.09. The number of carboxylic acid groups (broad SMARTS) is 1. The van der Waals surface area contributed by atoms with Crippen LogP contribution in [-0.4, -0.2) is 24.0 Å². The monoisotopic (exact) mass is 224 g/mol. The van der Waals surface area contributed by atoms with Crippen LogP contribution in [0.25, 0.3) is 0 Å². The van der Waals surface area contributed by atoms with Gasteiger partial charge in [-0.25, -0.2) is 4.79 Å². The number of carboxylic acids is 1. The molecule has 7 nitrogen and oxygen atoms in total. The molecule has 84 valence electrons. The van der Waals surface area contributed by atoms with Crippen molar-refractivity contribution in [2.24, 2.45) is 0 Å². The van der Waals surface area contributed by atoms with Gasteiger partial charge in [-0.15, -0.1) is 0 Å². The maximum atomic E-state index is 11.1. The largest absolute Gasteiger partial charge is 0.545 e. The number of carbonyl (C=O) groups excluding carboxylic acids is 2. The summed E-state index contributed by atoms with van der Waals surface area (Å²) in [7, 11) is 1.07. The van der Waals surface area contributed by atoms with Crippen molar-refractivity contribution in [3.8, 4) is 0 Å². The van der Waals surface area contributed by atoms with Gasteiger partial charge in [-0.2, -0.15) is 0 Å². The number of ether oxygens (including phenoxy) is 1. The Labute approximate surface area is 89.4 Å². The van der Waals surface area contributed by atoms with Crippen LogP contribution in [0.4, 0.5) is 5.69 Å². The lowest BCUT2D eigenvalue weighted by atomic mass is 10.1. The molecule has 0 fully saturated rings. The molecule has 0 aromatic heterocycles. The highest BCUT2D eigenvalue weighted by atomic mass is 16.6. The van der Waals surface area contributed by atoms with Crippen molar-refractivity contribution in [3.05, 3.63) is 39.4 Å². The number of esters is 1. The Morgan fingerprint density at radius 3 is 2.44 bits per heavy atom. The lowest BCUT2D eigenvalue weighted by molar-refractivity contribution is -0.385. The summed E-state index contributed by atoms with van der Waals surface area (Å²) in [5, 5.41) is 21.1. The first-order chi connectivity index (χ1) is 7.47. The van der Waals surface area contributed by atoms with E-state index >= 15 is 0 Å². The van der Waals surface area contributed by atoms with E-state index in [0.717, 1.165) is 25.3 Å². The number of nitro benzene ring substituents is 1. The predicted molar refractivity (Wildman–Crippen MR) is 48.8 cm³/mol. The molecule has 0 spiro atoms. The van der Waals surface area contributed by atoms with Crippen molar-refractivity contribution >= 4 is 17.6 Å². The Balaban J connectivity index is 3.36. The van der Waals surface area contributed by atoms with E-state index in [4.69, 9.17) is 0 Å². The summed E-state index contributed by atoms with van der Waals surface area (Å²) >= 11 is 0. The van der Waals surface area contributed by atoms with Crippen molar-refractivity contribution in [1.82, 2.24) is 0 Å². The fraction of sp³-hybridized carbons (Fsp3) is 0.111. The van der Waals surface area contributed by atoms with Crippen LogP contribution in [0.3, 0.4) is 0 Å². The van der Waals surface area contributed by atoms with Crippen molar-refractivity contribution in [2.45, 2.75) is 0 Å². The van der Waals surface area contributed by atoms with Gasteiger partial charge in [0.15, 0.2) is 0 Å². The molecule has 0 saturated heterocycles. The Bertz CT molecular complexity index is 467. The van der Waals surface area contributed by atoms with Crippen molar-refractivity contribution in [2.75, 3.05) is 7.11 Å². The van der Waals surface area contributed by atoms with E-state index < -0.39 is 22.5 Å². The minimum atomic E-state index is -1.56. The number of nitro groups is 1. The highest BCUT2D eigenvalue weighted by molar-refractivity contribution is 5.96. The van der Waals surface area contributed by atoms with Gasteiger partial charge in [-0.3, -0.25) is 10.1 Å². The molecule has 0 saturated carbocycles. The van der Waals surface area contributed by atoms with Crippen LogP contribution in [0.1, 0.15) is 20.7 Å². The minimum Gasteiger partial charge on any atom is -0.545 e. The summed E-state index contributed by atoms with van der Waals surface area (Å²) < 4.78 is 4.32. The van der Waals surface area contributed by atoms with Crippen LogP contribution in [-0.2, 0) is 4.74 Å². The second-order valence-electron chi connectivity index (χ2n) is 2.77. The highest BCUT2D eigenvalue weighted by Crippen LogP contribution is 2.20. The van der Waals surface area contributed by atoms with Crippen molar-refractivity contribution < 1.29 is 24.4 Å². The zero-order valence-corrected chi connectivity index (χ0v) is 8.13. The standard InChI is InChI=1S/C9H7NO6/c1-16-9(13)6-3-2-5(8(11)12)4-7(6)10(14)15/h2-4H,1H3,(H,11,12)/p-1. The third-order valence-corrected chi connectivity index (χ3v) is 1.84. The molecule has 0 aliphatic carbocycles. The number of hydrogen-bond acceptors (Lipinski definition) is 6. The summed E-state index contributed by atoms with van der Waals surface area (Å²) in [4.78, 5) is 31.3. The van der Waals surface area contributed by atoms with Gasteiger partial charge in [-0.1, -0.05) is 6.07 Å². The molecule has 0 bridgehead atoms.